The molecule has 1 heterocycles. The minimum absolute atomic E-state index is 0.197. The number of aromatic amines is 1. The van der Waals surface area contributed by atoms with Crippen LogP contribution in [-0.4, -0.2) is 23.0 Å². The molecular formula is C11H18N2O2. The smallest absolute Gasteiger partial charge is 0.305 e. The van der Waals surface area contributed by atoms with Crippen LogP contribution >= 0.6 is 0 Å². The fourth-order valence-corrected chi connectivity index (χ4v) is 1.40. The summed E-state index contributed by atoms with van der Waals surface area (Å²) in [6.07, 6.45) is 3.83. The molecule has 1 aromatic rings. The molecule has 0 aliphatic rings. The highest BCUT2D eigenvalue weighted by atomic mass is 16.5. The molecule has 0 amide bonds. The number of carbonyl (C=O) groups is 1. The molecule has 0 radical (unpaired) electrons. The van der Waals surface area contributed by atoms with Crippen molar-refractivity contribution in [2.75, 3.05) is 7.11 Å². The van der Waals surface area contributed by atoms with Gasteiger partial charge in [-0.05, 0) is 12.3 Å². The Labute approximate surface area is 90.1 Å². The van der Waals surface area contributed by atoms with Gasteiger partial charge in [0.15, 0.2) is 0 Å². The van der Waals surface area contributed by atoms with Gasteiger partial charge in [0.2, 0.25) is 0 Å². The minimum atomic E-state index is -0.197. The van der Waals surface area contributed by atoms with Crippen LogP contribution < -0.4 is 0 Å². The number of nitrogens with zero attached hydrogens (tertiary/aromatic N) is 1. The molecule has 1 rings (SSSR count). The summed E-state index contributed by atoms with van der Waals surface area (Å²) in [6, 6.07) is 0. The van der Waals surface area contributed by atoms with Crippen LogP contribution in [0.1, 0.15) is 31.8 Å². The molecule has 0 saturated heterocycles. The molecule has 0 aliphatic heterocycles. The summed E-state index contributed by atoms with van der Waals surface area (Å²) in [6.45, 7) is 4.32. The van der Waals surface area contributed by atoms with Gasteiger partial charge in [-0.15, -0.1) is 0 Å². The second kappa shape index (κ2) is 5.53. The first-order valence-electron chi connectivity index (χ1n) is 5.21. The van der Waals surface area contributed by atoms with Crippen molar-refractivity contribution >= 4 is 5.97 Å². The fraction of sp³-hybridized carbons (Fsp3) is 0.636. The Balaban J connectivity index is 2.42. The van der Waals surface area contributed by atoms with Crippen LogP contribution in [0.4, 0.5) is 0 Å². The van der Waals surface area contributed by atoms with Crippen LogP contribution in [0.15, 0.2) is 6.20 Å². The first-order chi connectivity index (χ1) is 7.11. The first-order valence-corrected chi connectivity index (χ1v) is 5.21. The normalized spacial score (nSPS) is 10.7. The molecule has 1 aromatic heterocycles. The molecule has 0 unspecified atom stereocenters. The van der Waals surface area contributed by atoms with Gasteiger partial charge in [-0.2, -0.15) is 0 Å². The topological polar surface area (TPSA) is 55.0 Å². The predicted octanol–water partition coefficient (Wildman–Crippen LogP) is 1.71. The molecule has 4 nitrogen and oxygen atoms in total. The molecule has 0 spiro atoms. The zero-order valence-electron chi connectivity index (χ0n) is 9.54. The van der Waals surface area contributed by atoms with Crippen LogP contribution in [0.5, 0.6) is 0 Å². The van der Waals surface area contributed by atoms with E-state index in [0.29, 0.717) is 18.8 Å². The number of ether oxygens (including phenoxy) is 1. The number of rotatable bonds is 5. The number of esters is 1. The quantitative estimate of drug-likeness (QED) is 0.753. The van der Waals surface area contributed by atoms with E-state index >= 15 is 0 Å². The molecule has 0 aliphatic carbocycles. The number of aryl methyl sites for hydroxylation is 1. The van der Waals surface area contributed by atoms with Gasteiger partial charge in [-0.25, -0.2) is 4.98 Å². The lowest BCUT2D eigenvalue weighted by Crippen LogP contribution is -2.03. The van der Waals surface area contributed by atoms with E-state index in [1.54, 1.807) is 0 Å². The second-order valence-electron chi connectivity index (χ2n) is 4.03. The molecule has 0 atom stereocenters. The molecule has 0 saturated carbocycles. The van der Waals surface area contributed by atoms with Crippen LogP contribution in [0.2, 0.25) is 0 Å². The standard InChI is InChI=1S/C11H18N2O2/c1-8(2)6-9-7-12-10(13-9)4-5-11(14)15-3/h7-8H,4-6H2,1-3H3,(H,12,13). The van der Waals surface area contributed by atoms with E-state index in [2.05, 4.69) is 28.6 Å². The van der Waals surface area contributed by atoms with Crippen molar-refractivity contribution in [1.29, 1.82) is 0 Å². The Morgan fingerprint density at radius 1 is 1.60 bits per heavy atom. The molecule has 1 N–H and O–H groups in total. The summed E-state index contributed by atoms with van der Waals surface area (Å²) in [7, 11) is 1.40. The van der Waals surface area contributed by atoms with Crippen molar-refractivity contribution in [2.24, 2.45) is 5.92 Å². The summed E-state index contributed by atoms with van der Waals surface area (Å²) in [5.74, 6) is 1.27. The van der Waals surface area contributed by atoms with Gasteiger partial charge in [0, 0.05) is 18.3 Å². The molecule has 4 heteroatoms. The van der Waals surface area contributed by atoms with Gasteiger partial charge in [0.25, 0.3) is 0 Å². The summed E-state index contributed by atoms with van der Waals surface area (Å²) in [5, 5.41) is 0. The molecule has 0 aromatic carbocycles. The third kappa shape index (κ3) is 4.14. The lowest BCUT2D eigenvalue weighted by Gasteiger charge is -2.00. The third-order valence-electron chi connectivity index (χ3n) is 2.10. The maximum Gasteiger partial charge on any atom is 0.305 e. The van der Waals surface area contributed by atoms with E-state index in [1.807, 2.05) is 6.20 Å². The van der Waals surface area contributed by atoms with E-state index < -0.39 is 0 Å². The van der Waals surface area contributed by atoms with E-state index in [4.69, 9.17) is 0 Å². The predicted molar refractivity (Wildman–Crippen MR) is 57.5 cm³/mol. The minimum Gasteiger partial charge on any atom is -0.469 e. The Morgan fingerprint density at radius 3 is 2.93 bits per heavy atom. The Morgan fingerprint density at radius 2 is 2.33 bits per heavy atom. The van der Waals surface area contributed by atoms with Crippen LogP contribution in [-0.2, 0) is 22.4 Å². The lowest BCUT2D eigenvalue weighted by atomic mass is 10.1. The highest BCUT2D eigenvalue weighted by Crippen LogP contribution is 2.06. The maximum atomic E-state index is 10.9. The second-order valence-corrected chi connectivity index (χ2v) is 4.03. The fourth-order valence-electron chi connectivity index (χ4n) is 1.40. The number of aromatic nitrogens is 2. The largest absolute Gasteiger partial charge is 0.469 e. The van der Waals surface area contributed by atoms with Crippen molar-refractivity contribution in [1.82, 2.24) is 9.97 Å². The van der Waals surface area contributed by atoms with Crippen molar-refractivity contribution in [3.8, 4) is 0 Å². The van der Waals surface area contributed by atoms with E-state index in [-0.39, 0.29) is 5.97 Å². The van der Waals surface area contributed by atoms with Crippen molar-refractivity contribution in [3.63, 3.8) is 0 Å². The third-order valence-corrected chi connectivity index (χ3v) is 2.10. The van der Waals surface area contributed by atoms with Crippen LogP contribution in [0, 0.1) is 5.92 Å². The first kappa shape index (κ1) is 11.8. The number of imidazole rings is 1. The molecule has 0 bridgehead atoms. The summed E-state index contributed by atoms with van der Waals surface area (Å²) < 4.78 is 4.56. The summed E-state index contributed by atoms with van der Waals surface area (Å²) >= 11 is 0. The summed E-state index contributed by atoms with van der Waals surface area (Å²) in [4.78, 5) is 18.3. The molecule has 84 valence electrons. The van der Waals surface area contributed by atoms with Crippen LogP contribution in [0.3, 0.4) is 0 Å². The van der Waals surface area contributed by atoms with Gasteiger partial charge in [0.05, 0.1) is 13.5 Å². The SMILES string of the molecule is COC(=O)CCc1ncc(CC(C)C)[nH]1. The monoisotopic (exact) mass is 210 g/mol. The lowest BCUT2D eigenvalue weighted by molar-refractivity contribution is -0.140. The molecular weight excluding hydrogens is 192 g/mol. The van der Waals surface area contributed by atoms with E-state index in [1.165, 1.54) is 7.11 Å². The zero-order valence-corrected chi connectivity index (χ0v) is 9.54. The number of hydrogen-bond donors (Lipinski definition) is 1. The van der Waals surface area contributed by atoms with Crippen molar-refractivity contribution in [2.45, 2.75) is 33.1 Å². The molecule has 15 heavy (non-hydrogen) atoms. The van der Waals surface area contributed by atoms with Gasteiger partial charge in [-0.1, -0.05) is 13.8 Å². The number of nitrogens with one attached hydrogen (secondary N) is 1. The number of H-pyrrole nitrogens is 1. The van der Waals surface area contributed by atoms with E-state index in [0.717, 1.165) is 17.9 Å². The maximum absolute atomic E-state index is 10.9. The van der Waals surface area contributed by atoms with Gasteiger partial charge in [0.1, 0.15) is 5.82 Å². The molecule has 0 fully saturated rings. The highest BCUT2D eigenvalue weighted by molar-refractivity contribution is 5.69. The van der Waals surface area contributed by atoms with Crippen molar-refractivity contribution < 1.29 is 9.53 Å². The van der Waals surface area contributed by atoms with Gasteiger partial charge >= 0.3 is 5.97 Å². The number of carbonyl (C=O) groups excluding carboxylic acids is 1. The summed E-state index contributed by atoms with van der Waals surface area (Å²) in [5.41, 5.74) is 1.13. The van der Waals surface area contributed by atoms with Crippen molar-refractivity contribution in [3.05, 3.63) is 17.7 Å². The van der Waals surface area contributed by atoms with Gasteiger partial charge in [-0.3, -0.25) is 4.79 Å². The van der Waals surface area contributed by atoms with Gasteiger partial charge < -0.3 is 9.72 Å². The highest BCUT2D eigenvalue weighted by Gasteiger charge is 2.05. The Bertz CT molecular complexity index is 318. The average Bonchev–Trinajstić information content (AvgIpc) is 2.61. The number of hydrogen-bond acceptors (Lipinski definition) is 3. The van der Waals surface area contributed by atoms with E-state index in [9.17, 15) is 4.79 Å². The Hall–Kier alpha value is -1.32. The van der Waals surface area contributed by atoms with Crippen LogP contribution in [0.25, 0.3) is 0 Å². The Kier molecular flexibility index (Phi) is 4.34. The number of methoxy groups -OCH3 is 1. The average molecular weight is 210 g/mol. The zero-order chi connectivity index (χ0) is 11.3.